The summed E-state index contributed by atoms with van der Waals surface area (Å²) < 4.78 is 67.0. The number of benzene rings is 2. The van der Waals surface area contributed by atoms with Crippen molar-refractivity contribution in [3.8, 4) is 17.2 Å². The number of halogens is 4. The molecule has 0 saturated heterocycles. The molecule has 0 unspecified atom stereocenters. The van der Waals surface area contributed by atoms with Crippen molar-refractivity contribution >= 4 is 17.6 Å². The van der Waals surface area contributed by atoms with Gasteiger partial charge >= 0.3 is 12.1 Å². The van der Waals surface area contributed by atoms with Gasteiger partial charge in [-0.2, -0.15) is 13.2 Å². The quantitative estimate of drug-likeness (QED) is 0.275. The third-order valence-corrected chi connectivity index (χ3v) is 6.86. The minimum Gasteiger partial charge on any atom is -0.493 e. The lowest BCUT2D eigenvalue weighted by Gasteiger charge is -2.24. The molecule has 0 saturated carbocycles. The van der Waals surface area contributed by atoms with Gasteiger partial charge < -0.3 is 23.7 Å². The van der Waals surface area contributed by atoms with Crippen LogP contribution in [0.3, 0.4) is 0 Å². The van der Waals surface area contributed by atoms with E-state index < -0.39 is 30.2 Å². The lowest BCUT2D eigenvalue weighted by Crippen LogP contribution is -2.17. The Kier molecular flexibility index (Phi) is 7.66. The van der Waals surface area contributed by atoms with Crippen LogP contribution < -0.4 is 9.47 Å². The normalized spacial score (nSPS) is 16.6. The van der Waals surface area contributed by atoms with Gasteiger partial charge in [0.15, 0.2) is 23.2 Å². The van der Waals surface area contributed by atoms with Crippen molar-refractivity contribution in [2.24, 2.45) is 0 Å². The standard InChI is InChI=1S/C27H24ClF3N4O6/c1-13-18(9-10-22(36)37)40-21(32-13)12-20-25-33-34-26(27(29,30)31)35(25)17-8-7-14(28)11-16(17)23(41-20)15-5-4-6-19(38-2)24(15)39-3/h4-8,11,20,23H,9-10,12H2,1-3H3,(H,36,37)/t20-,23-/m0/s1. The zero-order valence-electron chi connectivity index (χ0n) is 22.0. The highest BCUT2D eigenvalue weighted by molar-refractivity contribution is 6.30. The second-order valence-electron chi connectivity index (χ2n) is 9.22. The monoisotopic (exact) mass is 592 g/mol. The maximum Gasteiger partial charge on any atom is 0.452 e. The highest BCUT2D eigenvalue weighted by Crippen LogP contribution is 2.47. The first-order valence-corrected chi connectivity index (χ1v) is 12.7. The first kappa shape index (κ1) is 28.4. The second kappa shape index (κ2) is 11.1. The number of oxazole rings is 1. The first-order valence-electron chi connectivity index (χ1n) is 12.4. The number of nitrogens with zero attached hydrogens (tertiary/aromatic N) is 4. The lowest BCUT2D eigenvalue weighted by molar-refractivity contribution is -0.146. The number of carbonyl (C=O) groups is 1. The Hall–Kier alpha value is -4.10. The molecule has 1 aliphatic heterocycles. The Labute approximate surface area is 236 Å². The number of ether oxygens (including phenoxy) is 3. The Bertz CT molecular complexity index is 1600. The third kappa shape index (κ3) is 5.46. The van der Waals surface area contributed by atoms with Crippen LogP contribution in [0.1, 0.15) is 58.7 Å². The van der Waals surface area contributed by atoms with E-state index in [1.807, 2.05) is 0 Å². The Morgan fingerprint density at radius 3 is 2.61 bits per heavy atom. The van der Waals surface area contributed by atoms with Gasteiger partial charge in [0.25, 0.3) is 0 Å². The molecule has 2 aromatic heterocycles. The molecular weight excluding hydrogens is 569 g/mol. The van der Waals surface area contributed by atoms with E-state index in [2.05, 4.69) is 15.2 Å². The zero-order valence-corrected chi connectivity index (χ0v) is 22.8. The molecule has 2 aromatic carbocycles. The van der Waals surface area contributed by atoms with Crippen molar-refractivity contribution in [1.29, 1.82) is 0 Å². The number of fused-ring (bicyclic) bond motifs is 3. The van der Waals surface area contributed by atoms with E-state index in [9.17, 15) is 18.0 Å². The molecule has 5 rings (SSSR count). The number of rotatable bonds is 8. The van der Waals surface area contributed by atoms with Gasteiger partial charge in [-0.1, -0.05) is 23.7 Å². The van der Waals surface area contributed by atoms with Gasteiger partial charge in [-0.05, 0) is 31.2 Å². The molecule has 2 atom stereocenters. The topological polar surface area (TPSA) is 122 Å². The van der Waals surface area contributed by atoms with Crippen molar-refractivity contribution in [2.75, 3.05) is 14.2 Å². The summed E-state index contributed by atoms with van der Waals surface area (Å²) >= 11 is 6.34. The summed E-state index contributed by atoms with van der Waals surface area (Å²) in [5.74, 6) is -1.18. The molecule has 0 amide bonds. The van der Waals surface area contributed by atoms with E-state index in [1.54, 1.807) is 25.1 Å². The summed E-state index contributed by atoms with van der Waals surface area (Å²) in [6, 6.07) is 9.54. The zero-order chi connectivity index (χ0) is 29.5. The maximum atomic E-state index is 14.2. The number of aromatic nitrogens is 4. The van der Waals surface area contributed by atoms with Gasteiger partial charge in [-0.15, -0.1) is 10.2 Å². The minimum atomic E-state index is -4.84. The summed E-state index contributed by atoms with van der Waals surface area (Å²) in [5, 5.41) is 16.7. The van der Waals surface area contributed by atoms with Crippen molar-refractivity contribution in [3.05, 3.63) is 81.5 Å². The summed E-state index contributed by atoms with van der Waals surface area (Å²) in [6.45, 7) is 1.66. The highest BCUT2D eigenvalue weighted by Gasteiger charge is 2.44. The van der Waals surface area contributed by atoms with Crippen molar-refractivity contribution in [1.82, 2.24) is 19.7 Å². The summed E-state index contributed by atoms with van der Waals surface area (Å²) in [4.78, 5) is 15.4. The summed E-state index contributed by atoms with van der Waals surface area (Å²) in [6.07, 6.45) is -7.19. The molecule has 0 radical (unpaired) electrons. The molecule has 1 N–H and O–H groups in total. The van der Waals surface area contributed by atoms with Crippen LogP contribution >= 0.6 is 11.6 Å². The SMILES string of the molecule is COc1cccc([C@@H]2O[C@@H](Cc3nc(C)c(CCC(=O)O)o3)c3nnc(C(F)(F)F)n3-c3ccc(Cl)cc32)c1OC. The van der Waals surface area contributed by atoms with E-state index in [4.69, 9.17) is 35.3 Å². The molecule has 216 valence electrons. The molecule has 0 spiro atoms. The summed E-state index contributed by atoms with van der Waals surface area (Å²) in [5.41, 5.74) is 1.36. The van der Waals surface area contributed by atoms with Crippen LogP contribution in [0.5, 0.6) is 11.5 Å². The summed E-state index contributed by atoms with van der Waals surface area (Å²) in [7, 11) is 2.91. The molecule has 0 aliphatic carbocycles. The molecule has 41 heavy (non-hydrogen) atoms. The number of methoxy groups -OCH3 is 2. The Morgan fingerprint density at radius 2 is 1.93 bits per heavy atom. The van der Waals surface area contributed by atoms with Crippen molar-refractivity contribution in [3.63, 3.8) is 0 Å². The van der Waals surface area contributed by atoms with Gasteiger partial charge in [0.1, 0.15) is 18.0 Å². The molecule has 0 fully saturated rings. The van der Waals surface area contributed by atoms with E-state index in [0.29, 0.717) is 34.1 Å². The molecule has 1 aliphatic rings. The van der Waals surface area contributed by atoms with Crippen LogP contribution in [0.25, 0.3) is 5.69 Å². The van der Waals surface area contributed by atoms with Crippen LogP contribution in [0.15, 0.2) is 40.8 Å². The molecule has 10 nitrogen and oxygen atoms in total. The lowest BCUT2D eigenvalue weighted by atomic mass is 9.98. The number of hydrogen-bond donors (Lipinski definition) is 1. The molecular formula is C27H24ClF3N4O6. The fourth-order valence-electron chi connectivity index (χ4n) is 4.85. The molecule has 14 heteroatoms. The Balaban J connectivity index is 1.69. The van der Waals surface area contributed by atoms with E-state index >= 15 is 0 Å². The van der Waals surface area contributed by atoms with Gasteiger partial charge in [0, 0.05) is 22.6 Å². The number of carboxylic acids is 1. The smallest absolute Gasteiger partial charge is 0.452 e. The maximum absolute atomic E-state index is 14.2. The van der Waals surface area contributed by atoms with E-state index in [-0.39, 0.29) is 41.7 Å². The fourth-order valence-corrected chi connectivity index (χ4v) is 5.03. The number of hydrogen-bond acceptors (Lipinski definition) is 8. The largest absolute Gasteiger partial charge is 0.493 e. The minimum absolute atomic E-state index is 0.0989. The number of aryl methyl sites for hydroxylation is 2. The van der Waals surface area contributed by atoms with Crippen LogP contribution in [-0.4, -0.2) is 45.0 Å². The Morgan fingerprint density at radius 1 is 1.15 bits per heavy atom. The second-order valence-corrected chi connectivity index (χ2v) is 9.66. The van der Waals surface area contributed by atoms with Crippen LogP contribution in [0.4, 0.5) is 13.2 Å². The van der Waals surface area contributed by atoms with Gasteiger partial charge in [-0.25, -0.2) is 4.98 Å². The number of alkyl halides is 3. The average molecular weight is 593 g/mol. The van der Waals surface area contributed by atoms with Crippen molar-refractivity contribution < 1.29 is 41.7 Å². The van der Waals surface area contributed by atoms with E-state index in [0.717, 1.165) is 4.57 Å². The molecule has 4 aromatic rings. The van der Waals surface area contributed by atoms with Crippen molar-refractivity contribution in [2.45, 2.75) is 44.6 Å². The highest BCUT2D eigenvalue weighted by atomic mass is 35.5. The predicted octanol–water partition coefficient (Wildman–Crippen LogP) is 5.67. The van der Waals surface area contributed by atoms with E-state index in [1.165, 1.54) is 32.4 Å². The van der Waals surface area contributed by atoms with Gasteiger partial charge in [0.05, 0.1) is 38.4 Å². The number of para-hydroxylation sites is 1. The third-order valence-electron chi connectivity index (χ3n) is 6.62. The number of carboxylic acid groups (broad SMARTS) is 1. The molecule has 0 bridgehead atoms. The fraction of sp³-hybridized carbons (Fsp3) is 0.333. The molecule has 3 heterocycles. The first-order chi connectivity index (χ1) is 19.5. The van der Waals surface area contributed by atoms with Crippen LogP contribution in [0, 0.1) is 6.92 Å². The predicted molar refractivity (Wildman–Crippen MR) is 137 cm³/mol. The van der Waals surface area contributed by atoms with Crippen LogP contribution in [-0.2, 0) is 28.5 Å². The average Bonchev–Trinajstić information content (AvgIpc) is 3.49. The van der Waals surface area contributed by atoms with Gasteiger partial charge in [-0.3, -0.25) is 9.36 Å². The van der Waals surface area contributed by atoms with Gasteiger partial charge in [0.2, 0.25) is 5.82 Å². The van der Waals surface area contributed by atoms with Crippen LogP contribution in [0.2, 0.25) is 5.02 Å². The number of aliphatic carboxylic acids is 1.